The molecule has 5 nitrogen and oxygen atoms in total. The van der Waals surface area contributed by atoms with Crippen LogP contribution in [0, 0.1) is 0 Å². The van der Waals surface area contributed by atoms with E-state index in [1.807, 2.05) is 0 Å². The van der Waals surface area contributed by atoms with Gasteiger partial charge in [0.2, 0.25) is 11.8 Å². The highest BCUT2D eigenvalue weighted by Gasteiger charge is 2.32. The highest BCUT2D eigenvalue weighted by Crippen LogP contribution is 2.42. The van der Waals surface area contributed by atoms with E-state index in [9.17, 15) is 0 Å². The van der Waals surface area contributed by atoms with Crippen molar-refractivity contribution < 1.29 is 4.42 Å². The van der Waals surface area contributed by atoms with Crippen molar-refractivity contribution in [1.82, 2.24) is 14.5 Å². The van der Waals surface area contributed by atoms with Crippen molar-refractivity contribution in [1.29, 1.82) is 0 Å². The largest absolute Gasteiger partial charge is 0.442 e. The van der Waals surface area contributed by atoms with Gasteiger partial charge in [0.05, 0.1) is 21.9 Å². The van der Waals surface area contributed by atoms with Crippen molar-refractivity contribution >= 4 is 66.2 Å². The molecule has 0 radical (unpaired) electrons. The third kappa shape index (κ3) is 3.35. The van der Waals surface area contributed by atoms with Gasteiger partial charge >= 0.3 is 0 Å². The zero-order valence-corrected chi connectivity index (χ0v) is 25.1. The molecular weight excluding hydrogens is 552 g/mol. The molecule has 5 aromatic carbocycles. The van der Waals surface area contributed by atoms with Gasteiger partial charge in [-0.15, -0.1) is 0 Å². The van der Waals surface area contributed by atoms with Crippen molar-refractivity contribution in [2.24, 2.45) is 4.99 Å². The third-order valence-electron chi connectivity index (χ3n) is 9.94. The molecule has 0 bridgehead atoms. The predicted octanol–water partition coefficient (Wildman–Crippen LogP) is 8.57. The van der Waals surface area contributed by atoms with E-state index in [0.29, 0.717) is 11.5 Å². The van der Waals surface area contributed by atoms with Gasteiger partial charge in [-0.05, 0) is 53.1 Å². The van der Waals surface area contributed by atoms with E-state index in [4.69, 9.17) is 9.41 Å². The van der Waals surface area contributed by atoms with Crippen LogP contribution < -0.4 is 10.8 Å². The molecule has 1 N–H and O–H groups in total. The second-order valence-electron chi connectivity index (χ2n) is 12.5. The minimum atomic E-state index is -0.351. The van der Waals surface area contributed by atoms with E-state index in [2.05, 4.69) is 144 Å². The van der Waals surface area contributed by atoms with Gasteiger partial charge in [0.1, 0.15) is 5.76 Å². The van der Waals surface area contributed by atoms with Crippen molar-refractivity contribution in [2.45, 2.75) is 25.6 Å². The lowest BCUT2D eigenvalue weighted by Crippen LogP contribution is -2.42. The van der Waals surface area contributed by atoms with E-state index in [1.54, 1.807) is 0 Å². The number of nitrogens with zero attached hydrogens (tertiary/aromatic N) is 3. The number of aromatic nitrogens is 2. The molecular formula is C40H30N4O. The fourth-order valence-electron chi connectivity index (χ4n) is 7.87. The van der Waals surface area contributed by atoms with Crippen LogP contribution in [-0.4, -0.2) is 21.5 Å². The fourth-order valence-corrected chi connectivity index (χ4v) is 7.87. The molecule has 45 heavy (non-hydrogen) atoms. The number of para-hydroxylation sites is 2. The van der Waals surface area contributed by atoms with Crippen LogP contribution in [0.5, 0.6) is 0 Å². The minimum Gasteiger partial charge on any atom is -0.442 e. The van der Waals surface area contributed by atoms with Crippen LogP contribution in [-0.2, 0) is 0 Å². The van der Waals surface area contributed by atoms with Crippen LogP contribution in [0.1, 0.15) is 42.4 Å². The Hall–Kier alpha value is -5.55. The molecule has 5 heteroatoms. The van der Waals surface area contributed by atoms with E-state index in [-0.39, 0.29) is 6.29 Å². The van der Waals surface area contributed by atoms with Gasteiger partial charge in [0, 0.05) is 51.1 Å². The number of allylic oxidation sites excluding steroid dienone is 1. The van der Waals surface area contributed by atoms with Gasteiger partial charge < -0.3 is 18.9 Å². The zero-order valence-electron chi connectivity index (χ0n) is 25.1. The Labute approximate surface area is 259 Å². The highest BCUT2D eigenvalue weighted by molar-refractivity contribution is 6.27. The first-order valence-electron chi connectivity index (χ1n) is 15.7. The number of fused-ring (bicyclic) bond motifs is 11. The SMILES string of the molecule is CC1CC=Cc2c1oc1c2=C(c2ccc3ccccc3c2)N(C)C(n2c3ccccc3c3c4c(ccc32)[nH]c2ccccc24)N=1. The van der Waals surface area contributed by atoms with Crippen LogP contribution in [0.4, 0.5) is 0 Å². The Morgan fingerprint density at radius 1 is 0.778 bits per heavy atom. The summed E-state index contributed by atoms with van der Waals surface area (Å²) in [7, 11) is 2.18. The number of nitrogens with one attached hydrogen (secondary N) is 1. The monoisotopic (exact) mass is 582 g/mol. The minimum absolute atomic E-state index is 0.302. The summed E-state index contributed by atoms with van der Waals surface area (Å²) >= 11 is 0. The molecule has 10 rings (SSSR count). The molecule has 4 heterocycles. The summed E-state index contributed by atoms with van der Waals surface area (Å²) in [6.07, 6.45) is 5.12. The maximum atomic E-state index is 6.71. The molecule has 1 aliphatic carbocycles. The average Bonchev–Trinajstić information content (AvgIpc) is 3.74. The standard InChI is InChI=1S/C40H30N4O/c1-23-10-9-15-29-36-37(26-19-18-24-11-3-4-12-25(24)22-26)43(2)40(42-39(36)45-38(23)29)44-32-17-8-6-14-28(32)35-33(44)21-20-31-34(35)27-13-5-7-16-30(27)41-31/h3-9,11-23,40-41H,10H2,1-2H3. The summed E-state index contributed by atoms with van der Waals surface area (Å²) in [4.78, 5) is 11.4. The molecule has 0 spiro atoms. The molecule has 3 aromatic heterocycles. The summed E-state index contributed by atoms with van der Waals surface area (Å²) in [5.41, 5.74) is 8.76. The quantitative estimate of drug-likeness (QED) is 0.222. The van der Waals surface area contributed by atoms with E-state index in [1.165, 1.54) is 32.3 Å². The summed E-state index contributed by atoms with van der Waals surface area (Å²) in [5.74, 6) is 1.33. The Kier molecular flexibility index (Phi) is 4.96. The molecule has 0 saturated heterocycles. The summed E-state index contributed by atoms with van der Waals surface area (Å²) < 4.78 is 9.11. The lowest BCUT2D eigenvalue weighted by atomic mass is 9.93. The smallest absolute Gasteiger partial charge is 0.228 e. The van der Waals surface area contributed by atoms with Gasteiger partial charge in [-0.1, -0.05) is 91.9 Å². The van der Waals surface area contributed by atoms with Crippen LogP contribution >= 0.6 is 0 Å². The number of hydrogen-bond acceptors (Lipinski definition) is 3. The first kappa shape index (κ1) is 24.8. The molecule has 1 aliphatic heterocycles. The number of rotatable bonds is 2. The molecule has 2 unspecified atom stereocenters. The lowest BCUT2D eigenvalue weighted by Gasteiger charge is -2.33. The Balaban J connectivity index is 1.31. The first-order chi connectivity index (χ1) is 22.2. The highest BCUT2D eigenvalue weighted by atomic mass is 16.3. The second-order valence-corrected chi connectivity index (χ2v) is 12.5. The Morgan fingerprint density at radius 3 is 2.49 bits per heavy atom. The Bertz CT molecular complexity index is 2680. The second kappa shape index (κ2) is 8.99. The lowest BCUT2D eigenvalue weighted by molar-refractivity contribution is 0.256. The van der Waals surface area contributed by atoms with Crippen LogP contribution in [0.2, 0.25) is 0 Å². The topological polar surface area (TPSA) is 49.5 Å². The molecule has 216 valence electrons. The number of furan rings is 1. The van der Waals surface area contributed by atoms with Crippen LogP contribution in [0.25, 0.3) is 66.2 Å². The van der Waals surface area contributed by atoms with Gasteiger partial charge in [0.25, 0.3) is 0 Å². The van der Waals surface area contributed by atoms with Gasteiger partial charge in [-0.3, -0.25) is 0 Å². The maximum Gasteiger partial charge on any atom is 0.228 e. The molecule has 2 atom stereocenters. The van der Waals surface area contributed by atoms with Gasteiger partial charge in [-0.25, -0.2) is 4.99 Å². The summed E-state index contributed by atoms with van der Waals surface area (Å²) in [6, 6.07) is 37.2. The van der Waals surface area contributed by atoms with Crippen LogP contribution in [0.3, 0.4) is 0 Å². The van der Waals surface area contributed by atoms with E-state index in [0.717, 1.165) is 56.3 Å². The first-order valence-corrected chi connectivity index (χ1v) is 15.7. The third-order valence-corrected chi connectivity index (χ3v) is 9.94. The molecule has 0 saturated carbocycles. The molecule has 2 aliphatic rings. The van der Waals surface area contributed by atoms with Crippen molar-refractivity contribution in [2.75, 3.05) is 7.05 Å². The summed E-state index contributed by atoms with van der Waals surface area (Å²) in [5, 5.41) is 8.49. The zero-order chi connectivity index (χ0) is 29.8. The van der Waals surface area contributed by atoms with E-state index >= 15 is 0 Å². The predicted molar refractivity (Wildman–Crippen MR) is 184 cm³/mol. The van der Waals surface area contributed by atoms with Gasteiger partial charge in [-0.2, -0.15) is 0 Å². The number of H-pyrrole nitrogens is 1. The molecule has 0 fully saturated rings. The van der Waals surface area contributed by atoms with Gasteiger partial charge in [0.15, 0.2) is 0 Å². The van der Waals surface area contributed by atoms with E-state index < -0.39 is 0 Å². The Morgan fingerprint density at radius 2 is 1.58 bits per heavy atom. The number of aromatic amines is 1. The van der Waals surface area contributed by atoms with Crippen LogP contribution in [0.15, 0.2) is 119 Å². The van der Waals surface area contributed by atoms with Crippen molar-refractivity contribution in [3.8, 4) is 0 Å². The normalized spacial score (nSPS) is 17.9. The maximum absolute atomic E-state index is 6.71. The fraction of sp³-hybridized carbons (Fsp3) is 0.125. The summed E-state index contributed by atoms with van der Waals surface area (Å²) in [6.45, 7) is 2.24. The molecule has 8 aromatic rings. The number of hydrogen-bond donors (Lipinski definition) is 1. The number of benzene rings is 5. The van der Waals surface area contributed by atoms with Crippen molar-refractivity contribution in [3.63, 3.8) is 0 Å². The molecule has 0 amide bonds. The average molecular weight is 583 g/mol. The van der Waals surface area contributed by atoms with Crippen molar-refractivity contribution in [3.05, 3.63) is 137 Å².